The van der Waals surface area contributed by atoms with E-state index in [4.69, 9.17) is 14.2 Å². The van der Waals surface area contributed by atoms with E-state index in [-0.39, 0.29) is 41.6 Å². The zero-order valence-electron chi connectivity index (χ0n) is 24.3. The van der Waals surface area contributed by atoms with Crippen LogP contribution in [0.4, 0.5) is 26.3 Å². The number of esters is 2. The second-order valence-electron chi connectivity index (χ2n) is 9.70. The number of rotatable bonds is 6. The van der Waals surface area contributed by atoms with Gasteiger partial charge in [-0.15, -0.1) is 0 Å². The monoisotopic (exact) mass is 648 g/mol. The van der Waals surface area contributed by atoms with E-state index in [0.29, 0.717) is 11.1 Å². The van der Waals surface area contributed by atoms with Gasteiger partial charge in [-0.3, -0.25) is 4.79 Å². The van der Waals surface area contributed by atoms with Gasteiger partial charge >= 0.3 is 24.3 Å². The lowest BCUT2D eigenvalue weighted by Gasteiger charge is -2.28. The third-order valence-electron chi connectivity index (χ3n) is 6.52. The lowest BCUT2D eigenvalue weighted by molar-refractivity contribution is -0.188. The molecule has 0 N–H and O–H groups in total. The molecule has 2 unspecified atom stereocenters. The van der Waals surface area contributed by atoms with Crippen LogP contribution in [0.25, 0.3) is 12.2 Å². The van der Waals surface area contributed by atoms with Crippen molar-refractivity contribution in [3.8, 4) is 11.5 Å². The molecule has 242 valence electrons. The zero-order valence-corrected chi connectivity index (χ0v) is 24.3. The molecule has 2 atom stereocenters. The Morgan fingerprint density at radius 2 is 1.11 bits per heavy atom. The fraction of sp³-hybridized carbons (Fsp3) is 0.242. The smallest absolute Gasteiger partial charge is 0.430 e. The Labute approximate surface area is 259 Å². The van der Waals surface area contributed by atoms with Crippen LogP contribution in [0, 0.1) is 0 Å². The van der Waals surface area contributed by atoms with Crippen molar-refractivity contribution in [3.05, 3.63) is 106 Å². The predicted octanol–water partition coefficient (Wildman–Crippen LogP) is 7.14. The molecule has 0 fully saturated rings. The van der Waals surface area contributed by atoms with Crippen LogP contribution in [0.15, 0.2) is 83.9 Å². The molecule has 0 aliphatic carbocycles. The standard InChI is InChI=1S/C20H15F3O4.C13H11F3O3/c1-2-26-19(25)15-11-14-10-13(17(24)12-6-4-3-5-7-12)8-9-16(14)27-18(15)20(21,22)23;1-2-18-12(17)9-7-8-5-3-4-6-10(8)19-11(9)13(14,15)16/h3-11,18H,2H2,1H3;3-7,11H,2H2,1H3. The van der Waals surface area contributed by atoms with Crippen LogP contribution in [-0.2, 0) is 19.1 Å². The molecule has 2 aliphatic rings. The summed E-state index contributed by atoms with van der Waals surface area (Å²) in [4.78, 5) is 36.1. The van der Waals surface area contributed by atoms with E-state index in [2.05, 4.69) is 4.74 Å². The van der Waals surface area contributed by atoms with E-state index in [9.17, 15) is 40.7 Å². The van der Waals surface area contributed by atoms with Gasteiger partial charge in [0.25, 0.3) is 0 Å². The number of alkyl halides is 6. The molecule has 0 spiro atoms. The topological polar surface area (TPSA) is 88.1 Å². The van der Waals surface area contributed by atoms with E-state index in [0.717, 1.165) is 12.2 Å². The lowest BCUT2D eigenvalue weighted by atomic mass is 9.96. The molecule has 2 aliphatic heterocycles. The van der Waals surface area contributed by atoms with Gasteiger partial charge in [-0.25, -0.2) is 9.59 Å². The fourth-order valence-corrected chi connectivity index (χ4v) is 4.49. The largest absolute Gasteiger partial charge is 0.475 e. The van der Waals surface area contributed by atoms with Crippen molar-refractivity contribution in [3.63, 3.8) is 0 Å². The minimum atomic E-state index is -4.78. The summed E-state index contributed by atoms with van der Waals surface area (Å²) in [7, 11) is 0. The van der Waals surface area contributed by atoms with Crippen molar-refractivity contribution in [2.75, 3.05) is 13.2 Å². The summed E-state index contributed by atoms with van der Waals surface area (Å²) < 4.78 is 97.8. The number of hydrogen-bond acceptors (Lipinski definition) is 7. The van der Waals surface area contributed by atoms with Gasteiger partial charge in [-0.2, -0.15) is 26.3 Å². The molecule has 0 amide bonds. The highest BCUT2D eigenvalue weighted by atomic mass is 19.4. The average molecular weight is 649 g/mol. The molecular weight excluding hydrogens is 622 g/mol. The Morgan fingerprint density at radius 1 is 0.630 bits per heavy atom. The summed E-state index contributed by atoms with van der Waals surface area (Å²) in [5.74, 6) is -2.38. The van der Waals surface area contributed by atoms with Gasteiger partial charge in [0.2, 0.25) is 12.2 Å². The summed E-state index contributed by atoms with van der Waals surface area (Å²) in [6.45, 7) is 2.95. The van der Waals surface area contributed by atoms with Gasteiger partial charge in [0.15, 0.2) is 5.78 Å². The van der Waals surface area contributed by atoms with Crippen LogP contribution in [-0.4, -0.2) is 55.5 Å². The molecule has 5 rings (SSSR count). The first-order valence-corrected chi connectivity index (χ1v) is 13.8. The molecule has 46 heavy (non-hydrogen) atoms. The quantitative estimate of drug-likeness (QED) is 0.160. The van der Waals surface area contributed by atoms with Gasteiger partial charge in [-0.05, 0) is 50.3 Å². The maximum atomic E-state index is 13.3. The summed E-state index contributed by atoms with van der Waals surface area (Å²) >= 11 is 0. The summed E-state index contributed by atoms with van der Waals surface area (Å²) in [6, 6.07) is 18.8. The summed E-state index contributed by atoms with van der Waals surface area (Å²) in [5, 5.41) is 0. The Balaban J connectivity index is 0.000000222. The first-order chi connectivity index (χ1) is 21.7. The van der Waals surface area contributed by atoms with E-state index >= 15 is 0 Å². The Morgan fingerprint density at radius 3 is 1.63 bits per heavy atom. The summed E-state index contributed by atoms with van der Waals surface area (Å²) in [5.41, 5.74) is 0.158. The molecule has 0 saturated carbocycles. The van der Waals surface area contributed by atoms with Gasteiger partial charge in [0.1, 0.15) is 11.5 Å². The van der Waals surface area contributed by atoms with Gasteiger partial charge in [0.05, 0.1) is 24.4 Å². The number of hydrogen-bond donors (Lipinski definition) is 0. The van der Waals surface area contributed by atoms with E-state index in [1.807, 2.05) is 0 Å². The number of para-hydroxylation sites is 1. The molecule has 7 nitrogen and oxygen atoms in total. The average Bonchev–Trinajstić information content (AvgIpc) is 3.03. The second kappa shape index (κ2) is 13.9. The highest BCUT2D eigenvalue weighted by molar-refractivity contribution is 6.09. The highest BCUT2D eigenvalue weighted by Gasteiger charge is 2.49. The maximum absolute atomic E-state index is 13.3. The highest BCUT2D eigenvalue weighted by Crippen LogP contribution is 2.39. The maximum Gasteiger partial charge on any atom is 0.430 e. The van der Waals surface area contributed by atoms with Gasteiger partial charge < -0.3 is 18.9 Å². The number of ketones is 1. The molecule has 3 aromatic rings. The van der Waals surface area contributed by atoms with Crippen molar-refractivity contribution >= 4 is 29.9 Å². The summed E-state index contributed by atoms with van der Waals surface area (Å²) in [6.07, 6.45) is -11.9. The van der Waals surface area contributed by atoms with E-state index in [1.165, 1.54) is 38.1 Å². The normalized spacial score (nSPS) is 16.9. The molecule has 13 heteroatoms. The number of fused-ring (bicyclic) bond motifs is 2. The second-order valence-corrected chi connectivity index (χ2v) is 9.70. The Hall–Kier alpha value is -5.07. The molecule has 0 bridgehead atoms. The number of carbonyl (C=O) groups is 3. The minimum Gasteiger partial charge on any atom is -0.475 e. The fourth-order valence-electron chi connectivity index (χ4n) is 4.49. The van der Waals surface area contributed by atoms with Crippen molar-refractivity contribution < 1.29 is 59.7 Å². The molecule has 0 aromatic heterocycles. The van der Waals surface area contributed by atoms with Crippen LogP contribution < -0.4 is 9.47 Å². The van der Waals surface area contributed by atoms with Crippen LogP contribution in [0.1, 0.15) is 40.9 Å². The molecule has 0 radical (unpaired) electrons. The molecule has 3 aromatic carbocycles. The van der Waals surface area contributed by atoms with Crippen LogP contribution in [0.3, 0.4) is 0 Å². The van der Waals surface area contributed by atoms with E-state index < -0.39 is 47.6 Å². The zero-order chi connectivity index (χ0) is 33.6. The minimum absolute atomic E-state index is 0.00238. The number of benzene rings is 3. The van der Waals surface area contributed by atoms with Crippen molar-refractivity contribution in [2.24, 2.45) is 0 Å². The number of halogens is 6. The third kappa shape index (κ3) is 7.76. The van der Waals surface area contributed by atoms with Crippen molar-refractivity contribution in [1.82, 2.24) is 0 Å². The van der Waals surface area contributed by atoms with Crippen LogP contribution in [0.2, 0.25) is 0 Å². The first kappa shape index (κ1) is 33.8. The van der Waals surface area contributed by atoms with Crippen LogP contribution >= 0.6 is 0 Å². The Kier molecular flexibility index (Phi) is 10.2. The SMILES string of the molecule is CCOC(=O)C1=Cc2cc(C(=O)c3ccccc3)ccc2OC1C(F)(F)F.CCOC(=O)C1=Cc2ccccc2OC1C(F)(F)F. The first-order valence-electron chi connectivity index (χ1n) is 13.8. The Bertz CT molecular complexity index is 1660. The van der Waals surface area contributed by atoms with E-state index in [1.54, 1.807) is 48.5 Å². The van der Waals surface area contributed by atoms with Crippen LogP contribution in [0.5, 0.6) is 11.5 Å². The number of ether oxygens (including phenoxy) is 4. The number of carbonyl (C=O) groups excluding carboxylic acids is 3. The van der Waals surface area contributed by atoms with Crippen molar-refractivity contribution in [1.29, 1.82) is 0 Å². The molecular formula is C33H26F6O7. The van der Waals surface area contributed by atoms with Crippen molar-refractivity contribution in [2.45, 2.75) is 38.4 Å². The van der Waals surface area contributed by atoms with Gasteiger partial charge in [0, 0.05) is 22.3 Å². The lowest BCUT2D eigenvalue weighted by Crippen LogP contribution is -2.40. The molecule has 2 heterocycles. The predicted molar refractivity (Wildman–Crippen MR) is 153 cm³/mol. The third-order valence-corrected chi connectivity index (χ3v) is 6.52. The van der Waals surface area contributed by atoms with Gasteiger partial charge in [-0.1, -0.05) is 48.5 Å². The molecule has 0 saturated heterocycles.